The van der Waals surface area contributed by atoms with E-state index in [1.807, 2.05) is 24.3 Å². The molecule has 21 heavy (non-hydrogen) atoms. The van der Waals surface area contributed by atoms with Crippen LogP contribution in [0.1, 0.15) is 11.3 Å². The number of methoxy groups -OCH3 is 1. The Balaban J connectivity index is 1.71. The van der Waals surface area contributed by atoms with Crippen molar-refractivity contribution in [2.75, 3.05) is 24.3 Å². The Hall–Kier alpha value is -2.12. The van der Waals surface area contributed by atoms with Crippen LogP contribution in [0.15, 0.2) is 24.3 Å². The maximum atomic E-state index is 5.34. The van der Waals surface area contributed by atoms with Gasteiger partial charge in [-0.1, -0.05) is 12.1 Å². The number of anilines is 2. The summed E-state index contributed by atoms with van der Waals surface area (Å²) in [5.41, 5.74) is 3.13. The van der Waals surface area contributed by atoms with Gasteiger partial charge in [0.05, 0.1) is 12.8 Å². The Morgan fingerprint density at radius 3 is 3.05 bits per heavy atom. The van der Waals surface area contributed by atoms with Crippen LogP contribution in [-0.4, -0.2) is 29.0 Å². The summed E-state index contributed by atoms with van der Waals surface area (Å²) in [5.74, 6) is 1.51. The van der Waals surface area contributed by atoms with E-state index in [-0.39, 0.29) is 0 Å². The van der Waals surface area contributed by atoms with Crippen molar-refractivity contribution >= 4 is 28.8 Å². The lowest BCUT2D eigenvalue weighted by Gasteiger charge is -2.15. The molecule has 0 saturated carbocycles. The van der Waals surface area contributed by atoms with Crippen LogP contribution in [0.4, 0.5) is 11.5 Å². The van der Waals surface area contributed by atoms with Gasteiger partial charge in [0, 0.05) is 30.8 Å². The second kappa shape index (κ2) is 6.11. The van der Waals surface area contributed by atoms with Crippen molar-refractivity contribution in [1.82, 2.24) is 15.5 Å². The molecule has 0 aliphatic carbocycles. The van der Waals surface area contributed by atoms with E-state index < -0.39 is 0 Å². The highest BCUT2D eigenvalue weighted by Crippen LogP contribution is 2.24. The fourth-order valence-electron chi connectivity index (χ4n) is 2.34. The molecule has 0 unspecified atom stereocenters. The molecule has 7 heteroatoms. The lowest BCUT2D eigenvalue weighted by molar-refractivity contribution is 0.417. The van der Waals surface area contributed by atoms with Crippen LogP contribution < -0.4 is 20.7 Å². The Morgan fingerprint density at radius 2 is 2.19 bits per heavy atom. The third kappa shape index (κ3) is 2.98. The van der Waals surface area contributed by atoms with E-state index >= 15 is 0 Å². The molecule has 4 N–H and O–H groups in total. The fourth-order valence-corrected chi connectivity index (χ4v) is 2.54. The molecule has 1 aromatic carbocycles. The smallest absolute Gasteiger partial charge is 0.176 e. The molecule has 1 aromatic heterocycles. The zero-order chi connectivity index (χ0) is 14.7. The molecule has 6 nitrogen and oxygen atoms in total. The molecule has 2 heterocycles. The molecule has 0 spiro atoms. The summed E-state index contributed by atoms with van der Waals surface area (Å²) < 4.78 is 5.29. The number of rotatable bonds is 3. The average molecular weight is 303 g/mol. The van der Waals surface area contributed by atoms with Gasteiger partial charge in [-0.05, 0) is 24.4 Å². The van der Waals surface area contributed by atoms with Crippen LogP contribution in [0.25, 0.3) is 0 Å². The van der Waals surface area contributed by atoms with Crippen LogP contribution >= 0.6 is 12.2 Å². The molecule has 0 bridgehead atoms. The van der Waals surface area contributed by atoms with Crippen LogP contribution in [-0.2, 0) is 13.0 Å². The van der Waals surface area contributed by atoms with Crippen molar-refractivity contribution in [2.24, 2.45) is 0 Å². The quantitative estimate of drug-likeness (QED) is 0.649. The monoisotopic (exact) mass is 303 g/mol. The second-order valence-electron chi connectivity index (χ2n) is 4.74. The van der Waals surface area contributed by atoms with Gasteiger partial charge in [-0.25, -0.2) is 0 Å². The molecule has 110 valence electrons. The van der Waals surface area contributed by atoms with Crippen molar-refractivity contribution in [3.05, 3.63) is 35.5 Å². The maximum absolute atomic E-state index is 5.34. The minimum Gasteiger partial charge on any atom is -0.495 e. The molecule has 2 aromatic rings. The van der Waals surface area contributed by atoms with Gasteiger partial charge < -0.3 is 20.7 Å². The van der Waals surface area contributed by atoms with E-state index in [1.165, 1.54) is 0 Å². The van der Waals surface area contributed by atoms with Gasteiger partial charge in [-0.2, -0.15) is 5.10 Å². The van der Waals surface area contributed by atoms with E-state index in [2.05, 4.69) is 26.1 Å². The maximum Gasteiger partial charge on any atom is 0.176 e. The molecular weight excluding hydrogens is 286 g/mol. The zero-order valence-corrected chi connectivity index (χ0v) is 12.5. The molecule has 0 saturated heterocycles. The first-order chi connectivity index (χ1) is 10.3. The minimum atomic E-state index is 0.486. The van der Waals surface area contributed by atoms with Crippen LogP contribution in [0, 0.1) is 0 Å². The lowest BCUT2D eigenvalue weighted by atomic mass is 10.1. The molecule has 1 aliphatic heterocycles. The van der Waals surface area contributed by atoms with Crippen LogP contribution in [0.3, 0.4) is 0 Å². The fraction of sp³-hybridized carbons (Fsp3) is 0.286. The summed E-state index contributed by atoms with van der Waals surface area (Å²) in [4.78, 5) is 0. The molecule has 1 aliphatic rings. The number of aromatic nitrogens is 2. The summed E-state index contributed by atoms with van der Waals surface area (Å²) in [6, 6.07) is 7.63. The lowest BCUT2D eigenvalue weighted by Crippen LogP contribution is -2.25. The highest BCUT2D eigenvalue weighted by Gasteiger charge is 2.17. The largest absolute Gasteiger partial charge is 0.495 e. The summed E-state index contributed by atoms with van der Waals surface area (Å²) in [7, 11) is 1.63. The Morgan fingerprint density at radius 1 is 1.33 bits per heavy atom. The van der Waals surface area contributed by atoms with Crippen molar-refractivity contribution in [3.8, 4) is 5.75 Å². The number of benzene rings is 1. The standard InChI is InChI=1S/C14H17N5OS/c1-20-12-5-3-2-4-11(12)16-14(21)17-13-9-8-15-7-6-10(9)18-19-13/h2-5,15H,6-8H2,1H3,(H3,16,17,18,19,21). The number of aromatic amines is 1. The zero-order valence-electron chi connectivity index (χ0n) is 11.7. The highest BCUT2D eigenvalue weighted by atomic mass is 32.1. The molecule has 0 atom stereocenters. The van der Waals surface area contributed by atoms with Gasteiger partial charge in [0.2, 0.25) is 0 Å². The summed E-state index contributed by atoms with van der Waals surface area (Å²) in [5, 5.41) is 17.4. The number of thiocarbonyl (C=S) groups is 1. The Labute approximate surface area is 128 Å². The summed E-state index contributed by atoms with van der Waals surface area (Å²) in [6.07, 6.45) is 0.955. The first-order valence-corrected chi connectivity index (χ1v) is 7.16. The van der Waals surface area contributed by atoms with Gasteiger partial charge in [0.15, 0.2) is 10.9 Å². The average Bonchev–Trinajstić information content (AvgIpc) is 2.91. The number of H-pyrrole nitrogens is 1. The molecule has 0 fully saturated rings. The number of ether oxygens (including phenoxy) is 1. The third-order valence-electron chi connectivity index (χ3n) is 3.39. The molecular formula is C14H17N5OS. The van der Waals surface area contributed by atoms with Gasteiger partial charge >= 0.3 is 0 Å². The third-order valence-corrected chi connectivity index (χ3v) is 3.60. The SMILES string of the molecule is COc1ccccc1NC(=S)Nc1n[nH]c2c1CNCC2. The van der Waals surface area contributed by atoms with Gasteiger partial charge in [0.1, 0.15) is 5.75 Å². The highest BCUT2D eigenvalue weighted by molar-refractivity contribution is 7.80. The van der Waals surface area contributed by atoms with Crippen molar-refractivity contribution in [2.45, 2.75) is 13.0 Å². The Kier molecular flexibility index (Phi) is 4.03. The molecule has 0 amide bonds. The number of fused-ring (bicyclic) bond motifs is 1. The van der Waals surface area contributed by atoms with Crippen LogP contribution in [0.2, 0.25) is 0 Å². The predicted octanol–water partition coefficient (Wildman–Crippen LogP) is 1.87. The van der Waals surface area contributed by atoms with Crippen molar-refractivity contribution in [3.63, 3.8) is 0 Å². The van der Waals surface area contributed by atoms with Crippen molar-refractivity contribution in [1.29, 1.82) is 0 Å². The van der Waals surface area contributed by atoms with Crippen molar-refractivity contribution < 1.29 is 4.74 Å². The molecule has 3 rings (SSSR count). The van der Waals surface area contributed by atoms with Gasteiger partial charge in [-0.3, -0.25) is 5.10 Å². The number of nitrogens with one attached hydrogen (secondary N) is 4. The summed E-state index contributed by atoms with van der Waals surface area (Å²) >= 11 is 5.34. The topological polar surface area (TPSA) is 74.0 Å². The van der Waals surface area contributed by atoms with Gasteiger partial charge in [-0.15, -0.1) is 0 Å². The minimum absolute atomic E-state index is 0.486. The first-order valence-electron chi connectivity index (χ1n) is 6.76. The van der Waals surface area contributed by atoms with E-state index in [0.29, 0.717) is 5.11 Å². The number of para-hydroxylation sites is 2. The van der Waals surface area contributed by atoms with E-state index in [9.17, 15) is 0 Å². The molecule has 0 radical (unpaired) electrons. The predicted molar refractivity (Wildman–Crippen MR) is 86.8 cm³/mol. The van der Waals surface area contributed by atoms with E-state index in [4.69, 9.17) is 17.0 Å². The normalized spacial score (nSPS) is 13.4. The Bertz CT molecular complexity index is 655. The van der Waals surface area contributed by atoms with Crippen LogP contribution in [0.5, 0.6) is 5.75 Å². The first kappa shape index (κ1) is 13.8. The van der Waals surface area contributed by atoms with E-state index in [1.54, 1.807) is 7.11 Å². The van der Waals surface area contributed by atoms with E-state index in [0.717, 1.165) is 48.0 Å². The number of hydrogen-bond donors (Lipinski definition) is 4. The number of nitrogens with zero attached hydrogens (tertiary/aromatic N) is 1. The summed E-state index contributed by atoms with van der Waals surface area (Å²) in [6.45, 7) is 1.77. The van der Waals surface area contributed by atoms with Gasteiger partial charge in [0.25, 0.3) is 0 Å². The number of hydrogen-bond acceptors (Lipinski definition) is 4. The second-order valence-corrected chi connectivity index (χ2v) is 5.14.